The van der Waals surface area contributed by atoms with Gasteiger partial charge in [-0.1, -0.05) is 64.9 Å². The summed E-state index contributed by atoms with van der Waals surface area (Å²) in [5.41, 5.74) is 0.868. The average molecular weight is 208 g/mol. The predicted octanol–water partition coefficient (Wildman–Crippen LogP) is 4.00. The number of unbranched alkanes of at least 4 members (excludes halogenated alkanes) is 1. The zero-order valence-corrected chi connectivity index (χ0v) is 10.4. The van der Waals surface area contributed by atoms with Crippen molar-refractivity contribution in [2.75, 3.05) is 6.66 Å². The number of benzene rings is 1. The minimum Gasteiger partial charge on any atom is -0.0756 e. The van der Waals surface area contributed by atoms with E-state index in [1.165, 1.54) is 19.3 Å². The first kappa shape index (κ1) is 11.7. The molecule has 0 amide bonds. The molecule has 0 saturated heterocycles. The molecule has 1 aromatic rings. The molecule has 0 aliphatic heterocycles. The Balaban J connectivity index is 2.52. The monoisotopic (exact) mass is 208 g/mol. The van der Waals surface area contributed by atoms with Crippen molar-refractivity contribution in [2.45, 2.75) is 38.8 Å². The predicted molar refractivity (Wildman–Crippen MR) is 67.9 cm³/mol. The first-order valence-electron chi connectivity index (χ1n) is 5.53. The highest BCUT2D eigenvalue weighted by Gasteiger charge is 2.12. The van der Waals surface area contributed by atoms with Gasteiger partial charge in [0.25, 0.3) is 0 Å². The fourth-order valence-electron chi connectivity index (χ4n) is 1.61. The average Bonchev–Trinajstić information content (AvgIpc) is 2.26. The van der Waals surface area contributed by atoms with Crippen LogP contribution in [-0.4, -0.2) is 12.3 Å². The largest absolute Gasteiger partial charge is 0.0756 e. The van der Waals surface area contributed by atoms with Crippen molar-refractivity contribution >= 4 is 13.2 Å². The van der Waals surface area contributed by atoms with Crippen molar-refractivity contribution < 1.29 is 0 Å². The lowest BCUT2D eigenvalue weighted by molar-refractivity contribution is 0.709. The molecule has 0 fully saturated rings. The topological polar surface area (TPSA) is 0 Å². The maximum absolute atomic E-state index is 2.41. The quantitative estimate of drug-likeness (QED) is 0.641. The van der Waals surface area contributed by atoms with E-state index < -0.39 is 0 Å². The Morgan fingerprint density at radius 3 is 2.43 bits per heavy atom. The van der Waals surface area contributed by atoms with Gasteiger partial charge >= 0.3 is 0 Å². The van der Waals surface area contributed by atoms with Gasteiger partial charge < -0.3 is 0 Å². The van der Waals surface area contributed by atoms with Crippen LogP contribution in [0.25, 0.3) is 0 Å². The van der Waals surface area contributed by atoms with E-state index in [1.54, 1.807) is 5.30 Å². The molecular formula is C13H21P. The van der Waals surface area contributed by atoms with Crippen molar-refractivity contribution in [1.29, 1.82) is 0 Å². The number of rotatable bonds is 5. The highest BCUT2D eigenvalue weighted by atomic mass is 31.1. The van der Waals surface area contributed by atoms with Gasteiger partial charge in [-0.05, 0) is 24.0 Å². The third-order valence-electron chi connectivity index (χ3n) is 2.80. The maximum Gasteiger partial charge on any atom is -0.0200 e. The number of hydrogen-bond donors (Lipinski definition) is 0. The van der Waals surface area contributed by atoms with Crippen molar-refractivity contribution in [3.63, 3.8) is 0 Å². The smallest absolute Gasteiger partial charge is 0.0200 e. The second kappa shape index (κ2) is 6.19. The van der Waals surface area contributed by atoms with E-state index >= 15 is 0 Å². The minimum absolute atomic E-state index is 0.0515. The van der Waals surface area contributed by atoms with Crippen LogP contribution in [0.2, 0.25) is 0 Å². The van der Waals surface area contributed by atoms with Gasteiger partial charge in [0, 0.05) is 0 Å². The summed E-state index contributed by atoms with van der Waals surface area (Å²) in [6.45, 7) is 7.08. The fraction of sp³-hybridized carbons (Fsp3) is 0.538. The van der Waals surface area contributed by atoms with Gasteiger partial charge in [0.2, 0.25) is 0 Å². The summed E-state index contributed by atoms with van der Waals surface area (Å²) < 4.78 is 0. The normalized spacial score (nSPS) is 15.1. The van der Waals surface area contributed by atoms with Gasteiger partial charge in [0.1, 0.15) is 0 Å². The summed E-state index contributed by atoms with van der Waals surface area (Å²) in [6.07, 6.45) is 4.08. The van der Waals surface area contributed by atoms with Crippen molar-refractivity contribution in [2.24, 2.45) is 0 Å². The molecule has 0 spiro atoms. The molecule has 2 atom stereocenters. The Morgan fingerprint density at radius 2 is 1.86 bits per heavy atom. The van der Waals surface area contributed by atoms with E-state index in [-0.39, 0.29) is 7.92 Å². The molecule has 78 valence electrons. The summed E-state index contributed by atoms with van der Waals surface area (Å²) in [7, 11) is 0.0515. The van der Waals surface area contributed by atoms with Crippen LogP contribution in [0.1, 0.15) is 33.1 Å². The van der Waals surface area contributed by atoms with Crippen LogP contribution in [-0.2, 0) is 0 Å². The highest BCUT2D eigenvalue weighted by Crippen LogP contribution is 2.38. The lowest BCUT2D eigenvalue weighted by atomic mass is 10.2. The van der Waals surface area contributed by atoms with E-state index in [0.29, 0.717) is 0 Å². The molecule has 0 aliphatic rings. The Kier molecular flexibility index (Phi) is 5.19. The van der Waals surface area contributed by atoms with Gasteiger partial charge in [-0.25, -0.2) is 0 Å². The zero-order chi connectivity index (χ0) is 10.4. The molecule has 0 radical (unpaired) electrons. The standard InChI is InChI=1S/C13H21P/c1-4-5-9-12(2)14(3)13-10-7-6-8-11-13/h6-8,10-12H,4-5,9H2,1-3H3/t12-,14?/m0/s1. The van der Waals surface area contributed by atoms with Gasteiger partial charge in [0.05, 0.1) is 0 Å². The van der Waals surface area contributed by atoms with Crippen LogP contribution in [0.3, 0.4) is 0 Å². The summed E-state index contributed by atoms with van der Waals surface area (Å²) in [6, 6.07) is 11.0. The zero-order valence-electron chi connectivity index (χ0n) is 9.53. The van der Waals surface area contributed by atoms with E-state index in [9.17, 15) is 0 Å². The maximum atomic E-state index is 2.41. The molecule has 14 heavy (non-hydrogen) atoms. The molecule has 1 rings (SSSR count). The van der Waals surface area contributed by atoms with Gasteiger partial charge in [-0.3, -0.25) is 0 Å². The molecule has 0 aliphatic carbocycles. The molecule has 1 heteroatoms. The van der Waals surface area contributed by atoms with Crippen LogP contribution >= 0.6 is 7.92 Å². The Hall–Kier alpha value is -0.350. The summed E-state index contributed by atoms with van der Waals surface area (Å²) in [5.74, 6) is 0. The van der Waals surface area contributed by atoms with Crippen molar-refractivity contribution in [3.05, 3.63) is 30.3 Å². The third-order valence-corrected chi connectivity index (χ3v) is 5.49. The number of hydrogen-bond acceptors (Lipinski definition) is 0. The van der Waals surface area contributed by atoms with E-state index in [1.807, 2.05) is 0 Å². The molecule has 0 N–H and O–H groups in total. The first-order chi connectivity index (χ1) is 6.75. The van der Waals surface area contributed by atoms with Crippen LogP contribution in [0.5, 0.6) is 0 Å². The molecular weight excluding hydrogens is 187 g/mol. The van der Waals surface area contributed by atoms with Gasteiger partial charge in [0.15, 0.2) is 0 Å². The van der Waals surface area contributed by atoms with E-state index in [4.69, 9.17) is 0 Å². The van der Waals surface area contributed by atoms with Crippen LogP contribution in [0.4, 0.5) is 0 Å². The molecule has 0 nitrogen and oxygen atoms in total. The van der Waals surface area contributed by atoms with Crippen molar-refractivity contribution in [3.8, 4) is 0 Å². The summed E-state index contributed by atoms with van der Waals surface area (Å²) >= 11 is 0. The second-order valence-corrected chi connectivity index (χ2v) is 6.56. The summed E-state index contributed by atoms with van der Waals surface area (Å²) in [4.78, 5) is 0. The van der Waals surface area contributed by atoms with E-state index in [0.717, 1.165) is 5.66 Å². The molecule has 1 unspecified atom stereocenters. The van der Waals surface area contributed by atoms with E-state index in [2.05, 4.69) is 50.8 Å². The third kappa shape index (κ3) is 3.42. The Bertz CT molecular complexity index is 243. The highest BCUT2D eigenvalue weighted by molar-refractivity contribution is 7.65. The Labute approximate surface area is 89.5 Å². The molecule has 0 aromatic heterocycles. The molecule has 1 aromatic carbocycles. The first-order valence-corrected chi connectivity index (χ1v) is 7.39. The van der Waals surface area contributed by atoms with Crippen LogP contribution < -0.4 is 5.30 Å². The second-order valence-electron chi connectivity index (χ2n) is 3.94. The Morgan fingerprint density at radius 1 is 1.21 bits per heavy atom. The van der Waals surface area contributed by atoms with Crippen LogP contribution in [0, 0.1) is 0 Å². The minimum atomic E-state index is 0.0515. The van der Waals surface area contributed by atoms with Gasteiger partial charge in [-0.2, -0.15) is 0 Å². The SMILES string of the molecule is CCCC[C@H](C)P(C)c1ccccc1. The lowest BCUT2D eigenvalue weighted by Crippen LogP contribution is -2.09. The fourth-order valence-corrected chi connectivity index (χ4v) is 3.33. The van der Waals surface area contributed by atoms with Gasteiger partial charge in [-0.15, -0.1) is 0 Å². The summed E-state index contributed by atoms with van der Waals surface area (Å²) in [5, 5.41) is 1.55. The van der Waals surface area contributed by atoms with Crippen molar-refractivity contribution in [1.82, 2.24) is 0 Å². The van der Waals surface area contributed by atoms with Crippen LogP contribution in [0.15, 0.2) is 30.3 Å². The molecule has 0 bridgehead atoms. The molecule has 0 saturated carbocycles. The lowest BCUT2D eigenvalue weighted by Gasteiger charge is -2.20. The molecule has 0 heterocycles.